The summed E-state index contributed by atoms with van der Waals surface area (Å²) in [6, 6.07) is 0. The van der Waals surface area contributed by atoms with Crippen LogP contribution in [0.2, 0.25) is 0 Å². The SMILES string of the molecule is CCN(CC)CCc1noc(-c2cn(CCN)cn2)n1. The summed E-state index contributed by atoms with van der Waals surface area (Å²) in [7, 11) is 0. The maximum absolute atomic E-state index is 5.50. The van der Waals surface area contributed by atoms with Crippen molar-refractivity contribution in [2.45, 2.75) is 26.8 Å². The number of hydrogen-bond acceptors (Lipinski definition) is 6. The van der Waals surface area contributed by atoms with E-state index in [1.807, 2.05) is 10.8 Å². The number of nitrogens with two attached hydrogens (primary N) is 1. The lowest BCUT2D eigenvalue weighted by Gasteiger charge is -2.16. The predicted molar refractivity (Wildman–Crippen MR) is 76.1 cm³/mol. The average molecular weight is 278 g/mol. The van der Waals surface area contributed by atoms with Gasteiger partial charge in [-0.05, 0) is 13.1 Å². The Hall–Kier alpha value is -1.73. The molecule has 2 rings (SSSR count). The summed E-state index contributed by atoms with van der Waals surface area (Å²) in [6.45, 7) is 8.61. The van der Waals surface area contributed by atoms with Crippen LogP contribution in [0.15, 0.2) is 17.0 Å². The Morgan fingerprint density at radius 3 is 2.85 bits per heavy atom. The van der Waals surface area contributed by atoms with E-state index in [-0.39, 0.29) is 0 Å². The molecule has 0 unspecified atom stereocenters. The molecule has 20 heavy (non-hydrogen) atoms. The molecule has 110 valence electrons. The first-order valence-corrected chi connectivity index (χ1v) is 7.04. The first-order valence-electron chi connectivity index (χ1n) is 7.04. The molecule has 0 saturated carbocycles. The minimum atomic E-state index is 0.468. The molecule has 2 aromatic rings. The van der Waals surface area contributed by atoms with E-state index < -0.39 is 0 Å². The summed E-state index contributed by atoms with van der Waals surface area (Å²) in [5.41, 5.74) is 6.20. The van der Waals surface area contributed by atoms with Crippen molar-refractivity contribution in [3.8, 4) is 11.6 Å². The van der Waals surface area contributed by atoms with Crippen LogP contribution < -0.4 is 5.73 Å². The van der Waals surface area contributed by atoms with E-state index in [0.717, 1.165) is 38.4 Å². The molecule has 0 aromatic carbocycles. The number of imidazole rings is 1. The van der Waals surface area contributed by atoms with Gasteiger partial charge in [0, 0.05) is 32.3 Å². The van der Waals surface area contributed by atoms with Crippen LogP contribution in [0.1, 0.15) is 19.7 Å². The lowest BCUT2D eigenvalue weighted by Crippen LogP contribution is -2.25. The molecule has 7 nitrogen and oxygen atoms in total. The van der Waals surface area contributed by atoms with Crippen LogP contribution in [0.3, 0.4) is 0 Å². The van der Waals surface area contributed by atoms with E-state index in [1.54, 1.807) is 6.33 Å². The zero-order valence-electron chi connectivity index (χ0n) is 12.1. The number of likely N-dealkylation sites (N-methyl/N-ethyl adjacent to an activating group) is 1. The van der Waals surface area contributed by atoms with Crippen molar-refractivity contribution in [2.75, 3.05) is 26.2 Å². The molecule has 0 spiro atoms. The van der Waals surface area contributed by atoms with Gasteiger partial charge in [0.05, 0.1) is 6.33 Å². The van der Waals surface area contributed by atoms with E-state index in [2.05, 4.69) is 33.9 Å². The highest BCUT2D eigenvalue weighted by atomic mass is 16.5. The maximum Gasteiger partial charge on any atom is 0.278 e. The molecule has 7 heteroatoms. The molecule has 0 radical (unpaired) electrons. The molecule has 0 aliphatic rings. The molecule has 2 heterocycles. The monoisotopic (exact) mass is 278 g/mol. The highest BCUT2D eigenvalue weighted by Gasteiger charge is 2.12. The molecule has 0 bridgehead atoms. The number of nitrogens with zero attached hydrogens (tertiary/aromatic N) is 5. The molecule has 0 aliphatic heterocycles. The van der Waals surface area contributed by atoms with Gasteiger partial charge in [-0.1, -0.05) is 19.0 Å². The maximum atomic E-state index is 5.50. The van der Waals surface area contributed by atoms with Crippen LogP contribution in [0.4, 0.5) is 0 Å². The Labute approximate surface area is 118 Å². The molecule has 0 amide bonds. The highest BCUT2D eigenvalue weighted by Crippen LogP contribution is 2.14. The van der Waals surface area contributed by atoms with Gasteiger partial charge in [-0.25, -0.2) is 4.98 Å². The van der Waals surface area contributed by atoms with Gasteiger partial charge in [0.15, 0.2) is 5.82 Å². The van der Waals surface area contributed by atoms with E-state index in [9.17, 15) is 0 Å². The van der Waals surface area contributed by atoms with Gasteiger partial charge in [-0.2, -0.15) is 4.98 Å². The van der Waals surface area contributed by atoms with Gasteiger partial charge < -0.3 is 19.7 Å². The smallest absolute Gasteiger partial charge is 0.278 e. The largest absolute Gasteiger partial charge is 0.335 e. The third kappa shape index (κ3) is 3.64. The van der Waals surface area contributed by atoms with Gasteiger partial charge in [0.25, 0.3) is 5.89 Å². The topological polar surface area (TPSA) is 86.0 Å². The molecule has 0 atom stereocenters. The van der Waals surface area contributed by atoms with Crippen LogP contribution >= 0.6 is 0 Å². The predicted octanol–water partition coefficient (Wildman–Crippen LogP) is 0.776. The van der Waals surface area contributed by atoms with Crippen molar-refractivity contribution in [3.63, 3.8) is 0 Å². The minimum Gasteiger partial charge on any atom is -0.335 e. The summed E-state index contributed by atoms with van der Waals surface area (Å²) in [5, 5.41) is 4.00. The number of aromatic nitrogens is 4. The second-order valence-corrected chi connectivity index (χ2v) is 4.58. The third-order valence-electron chi connectivity index (χ3n) is 3.25. The highest BCUT2D eigenvalue weighted by molar-refractivity contribution is 5.44. The lowest BCUT2D eigenvalue weighted by atomic mass is 10.3. The first-order chi connectivity index (χ1) is 9.76. The Balaban J connectivity index is 1.97. The zero-order valence-corrected chi connectivity index (χ0v) is 12.1. The normalized spacial score (nSPS) is 11.4. The van der Waals surface area contributed by atoms with Crippen LogP contribution in [0, 0.1) is 0 Å². The summed E-state index contributed by atoms with van der Waals surface area (Å²) in [6.07, 6.45) is 4.38. The van der Waals surface area contributed by atoms with Crippen molar-refractivity contribution >= 4 is 0 Å². The fourth-order valence-corrected chi connectivity index (χ4v) is 2.00. The van der Waals surface area contributed by atoms with Crippen molar-refractivity contribution in [3.05, 3.63) is 18.3 Å². The standard InChI is InChI=1S/C13H22N6O/c1-3-18(4-2)7-5-12-16-13(20-17-12)11-9-19(8-6-14)10-15-11/h9-10H,3-8,14H2,1-2H3. The second kappa shape index (κ2) is 7.16. The second-order valence-electron chi connectivity index (χ2n) is 4.58. The van der Waals surface area contributed by atoms with Crippen LogP contribution in [0.5, 0.6) is 0 Å². The molecule has 0 aliphatic carbocycles. The fraction of sp³-hybridized carbons (Fsp3) is 0.615. The average Bonchev–Trinajstić information content (AvgIpc) is 3.09. The van der Waals surface area contributed by atoms with Crippen molar-refractivity contribution in [2.24, 2.45) is 5.73 Å². The lowest BCUT2D eigenvalue weighted by molar-refractivity contribution is 0.303. The minimum absolute atomic E-state index is 0.468. The van der Waals surface area contributed by atoms with Gasteiger partial charge in [-0.3, -0.25) is 0 Å². The third-order valence-corrected chi connectivity index (χ3v) is 3.25. The van der Waals surface area contributed by atoms with Gasteiger partial charge >= 0.3 is 0 Å². The summed E-state index contributed by atoms with van der Waals surface area (Å²) >= 11 is 0. The molecular formula is C13H22N6O. The van der Waals surface area contributed by atoms with Crippen LogP contribution in [0.25, 0.3) is 11.6 Å². The summed E-state index contributed by atoms with van der Waals surface area (Å²) in [5.74, 6) is 1.19. The molecule has 0 fully saturated rings. The van der Waals surface area contributed by atoms with Gasteiger partial charge in [0.1, 0.15) is 5.69 Å². The molecule has 2 N–H and O–H groups in total. The quantitative estimate of drug-likeness (QED) is 0.768. The van der Waals surface area contributed by atoms with Crippen LogP contribution in [-0.2, 0) is 13.0 Å². The molecule has 2 aromatic heterocycles. The van der Waals surface area contributed by atoms with Crippen molar-refractivity contribution in [1.82, 2.24) is 24.6 Å². The number of hydrogen-bond donors (Lipinski definition) is 1. The Bertz CT molecular complexity index is 516. The van der Waals surface area contributed by atoms with E-state index in [0.29, 0.717) is 18.1 Å². The van der Waals surface area contributed by atoms with Crippen molar-refractivity contribution in [1.29, 1.82) is 0 Å². The zero-order chi connectivity index (χ0) is 14.4. The van der Waals surface area contributed by atoms with Crippen LogP contribution in [-0.4, -0.2) is 50.8 Å². The summed E-state index contributed by atoms with van der Waals surface area (Å²) in [4.78, 5) is 11.0. The Morgan fingerprint density at radius 2 is 2.15 bits per heavy atom. The van der Waals surface area contributed by atoms with E-state index >= 15 is 0 Å². The van der Waals surface area contributed by atoms with E-state index in [1.165, 1.54) is 0 Å². The van der Waals surface area contributed by atoms with Crippen molar-refractivity contribution < 1.29 is 4.52 Å². The fourth-order valence-electron chi connectivity index (χ4n) is 2.00. The van der Waals surface area contributed by atoms with E-state index in [4.69, 9.17) is 10.3 Å². The summed E-state index contributed by atoms with van der Waals surface area (Å²) < 4.78 is 7.17. The number of rotatable bonds is 8. The Morgan fingerprint density at radius 1 is 1.35 bits per heavy atom. The van der Waals surface area contributed by atoms with Gasteiger partial charge in [0.2, 0.25) is 0 Å². The molecular weight excluding hydrogens is 256 g/mol. The molecule has 0 saturated heterocycles. The Kier molecular flexibility index (Phi) is 5.25. The first kappa shape index (κ1) is 14.7. The van der Waals surface area contributed by atoms with Gasteiger partial charge in [-0.15, -0.1) is 0 Å².